The van der Waals surface area contributed by atoms with Gasteiger partial charge in [0.1, 0.15) is 0 Å². The molecular formula is C18H19Cl2N3O4. The summed E-state index contributed by atoms with van der Waals surface area (Å²) in [5, 5.41) is 14.0. The van der Waals surface area contributed by atoms with E-state index in [9.17, 15) is 14.4 Å². The SMILES string of the molecule is NC(=O)c1c(Cl)cccc1Cl.O=C(O)CCNC(=O)NCc1ccccc1. The van der Waals surface area contributed by atoms with Gasteiger partial charge in [-0.3, -0.25) is 9.59 Å². The molecule has 27 heavy (non-hydrogen) atoms. The molecule has 0 heterocycles. The molecule has 9 heteroatoms. The van der Waals surface area contributed by atoms with Crippen molar-refractivity contribution in [3.63, 3.8) is 0 Å². The molecule has 0 atom stereocenters. The predicted molar refractivity (Wildman–Crippen MR) is 104 cm³/mol. The van der Waals surface area contributed by atoms with Gasteiger partial charge in [-0.25, -0.2) is 4.79 Å². The van der Waals surface area contributed by atoms with Crippen LogP contribution in [0.2, 0.25) is 10.0 Å². The highest BCUT2D eigenvalue weighted by Crippen LogP contribution is 2.23. The van der Waals surface area contributed by atoms with Gasteiger partial charge in [0.25, 0.3) is 5.91 Å². The second-order valence-electron chi connectivity index (χ2n) is 5.20. The standard InChI is InChI=1S/C11H14N2O3.C7H5Cl2NO/c14-10(15)6-7-12-11(16)13-8-9-4-2-1-3-5-9;8-4-2-1-3-5(9)6(4)7(10)11/h1-5H,6-8H2,(H,14,15)(H2,12,13,16);1-3H,(H2,10,11). The van der Waals surface area contributed by atoms with Crippen molar-refractivity contribution in [3.05, 3.63) is 69.7 Å². The van der Waals surface area contributed by atoms with Gasteiger partial charge in [-0.1, -0.05) is 59.6 Å². The summed E-state index contributed by atoms with van der Waals surface area (Å²) in [7, 11) is 0. The summed E-state index contributed by atoms with van der Waals surface area (Å²) in [4.78, 5) is 32.1. The molecule has 144 valence electrons. The minimum Gasteiger partial charge on any atom is -0.481 e. The minimum atomic E-state index is -0.927. The first kappa shape index (κ1) is 22.3. The highest BCUT2D eigenvalue weighted by molar-refractivity contribution is 6.39. The number of amides is 3. The lowest BCUT2D eigenvalue weighted by Crippen LogP contribution is -2.36. The van der Waals surface area contributed by atoms with E-state index in [0.29, 0.717) is 6.54 Å². The normalized spacial score (nSPS) is 9.56. The highest BCUT2D eigenvalue weighted by Gasteiger charge is 2.09. The Morgan fingerprint density at radius 3 is 2.00 bits per heavy atom. The molecule has 0 aliphatic rings. The number of benzene rings is 2. The summed E-state index contributed by atoms with van der Waals surface area (Å²) in [5.74, 6) is -1.54. The maximum absolute atomic E-state index is 11.2. The van der Waals surface area contributed by atoms with Crippen LogP contribution in [0.4, 0.5) is 4.79 Å². The van der Waals surface area contributed by atoms with Gasteiger partial charge in [-0.05, 0) is 17.7 Å². The zero-order chi connectivity index (χ0) is 20.2. The summed E-state index contributed by atoms with van der Waals surface area (Å²) < 4.78 is 0. The Morgan fingerprint density at radius 2 is 1.52 bits per heavy atom. The molecule has 0 aliphatic heterocycles. The van der Waals surface area contributed by atoms with E-state index in [0.717, 1.165) is 5.56 Å². The average Bonchev–Trinajstić information content (AvgIpc) is 2.61. The number of hydrogen-bond donors (Lipinski definition) is 4. The number of carbonyl (C=O) groups excluding carboxylic acids is 2. The first-order chi connectivity index (χ1) is 12.8. The number of primary amides is 1. The Kier molecular flexibility index (Phi) is 9.71. The molecule has 0 unspecified atom stereocenters. The Bertz CT molecular complexity index is 765. The zero-order valence-corrected chi connectivity index (χ0v) is 15.8. The van der Waals surface area contributed by atoms with E-state index in [2.05, 4.69) is 10.6 Å². The number of carboxylic acid groups (broad SMARTS) is 1. The van der Waals surface area contributed by atoms with E-state index >= 15 is 0 Å². The van der Waals surface area contributed by atoms with Crippen LogP contribution in [0.15, 0.2) is 48.5 Å². The molecule has 2 aromatic carbocycles. The second kappa shape index (κ2) is 11.8. The Balaban J connectivity index is 0.000000289. The van der Waals surface area contributed by atoms with Gasteiger partial charge < -0.3 is 21.5 Å². The largest absolute Gasteiger partial charge is 0.481 e. The summed E-state index contributed by atoms with van der Waals surface area (Å²) >= 11 is 11.3. The number of carboxylic acids is 1. The number of nitrogens with one attached hydrogen (secondary N) is 2. The summed E-state index contributed by atoms with van der Waals surface area (Å²) in [5.41, 5.74) is 6.18. The van der Waals surface area contributed by atoms with Gasteiger partial charge in [0.2, 0.25) is 0 Å². The van der Waals surface area contributed by atoms with Crippen LogP contribution in [-0.2, 0) is 11.3 Å². The summed E-state index contributed by atoms with van der Waals surface area (Å²) in [6, 6.07) is 13.9. The molecule has 3 amide bonds. The molecule has 0 saturated heterocycles. The summed E-state index contributed by atoms with van der Waals surface area (Å²) in [6.07, 6.45) is -0.0707. The molecule has 2 rings (SSSR count). The average molecular weight is 412 g/mol. The molecule has 0 saturated carbocycles. The molecule has 0 bridgehead atoms. The van der Waals surface area contributed by atoms with E-state index in [4.69, 9.17) is 34.0 Å². The molecule has 0 fully saturated rings. The Morgan fingerprint density at radius 1 is 0.926 bits per heavy atom. The number of carbonyl (C=O) groups is 3. The van der Waals surface area contributed by atoms with Crippen molar-refractivity contribution >= 4 is 41.1 Å². The molecule has 0 aliphatic carbocycles. The van der Waals surface area contributed by atoms with Gasteiger partial charge in [-0.2, -0.15) is 0 Å². The van der Waals surface area contributed by atoms with E-state index in [1.54, 1.807) is 18.2 Å². The van der Waals surface area contributed by atoms with Crippen LogP contribution in [0, 0.1) is 0 Å². The van der Waals surface area contributed by atoms with Crippen LogP contribution in [0.25, 0.3) is 0 Å². The van der Waals surface area contributed by atoms with Crippen molar-refractivity contribution in [1.82, 2.24) is 10.6 Å². The van der Waals surface area contributed by atoms with Crippen molar-refractivity contribution in [2.75, 3.05) is 6.54 Å². The molecular weight excluding hydrogens is 393 g/mol. The smallest absolute Gasteiger partial charge is 0.315 e. The van der Waals surface area contributed by atoms with Gasteiger partial charge >= 0.3 is 12.0 Å². The van der Waals surface area contributed by atoms with Crippen LogP contribution in [0.5, 0.6) is 0 Å². The Hall–Kier alpha value is -2.77. The van der Waals surface area contributed by atoms with Crippen molar-refractivity contribution in [3.8, 4) is 0 Å². The van der Waals surface area contributed by atoms with Crippen LogP contribution in [-0.4, -0.2) is 29.6 Å². The van der Waals surface area contributed by atoms with Gasteiger partial charge in [0, 0.05) is 13.1 Å². The van der Waals surface area contributed by atoms with Crippen LogP contribution < -0.4 is 16.4 Å². The number of hydrogen-bond acceptors (Lipinski definition) is 3. The number of urea groups is 1. The van der Waals surface area contributed by atoms with Crippen LogP contribution in [0.1, 0.15) is 22.3 Å². The lowest BCUT2D eigenvalue weighted by molar-refractivity contribution is -0.136. The monoisotopic (exact) mass is 411 g/mol. The third kappa shape index (κ3) is 8.94. The predicted octanol–water partition coefficient (Wildman–Crippen LogP) is 3.05. The lowest BCUT2D eigenvalue weighted by Gasteiger charge is -2.06. The molecule has 0 radical (unpaired) electrons. The number of nitrogens with two attached hydrogens (primary N) is 1. The minimum absolute atomic E-state index is 0.0707. The highest BCUT2D eigenvalue weighted by atomic mass is 35.5. The van der Waals surface area contributed by atoms with Crippen molar-refractivity contribution in [2.45, 2.75) is 13.0 Å². The molecule has 0 spiro atoms. The van der Waals surface area contributed by atoms with Gasteiger partial charge in [-0.15, -0.1) is 0 Å². The zero-order valence-electron chi connectivity index (χ0n) is 14.2. The van der Waals surface area contributed by atoms with Crippen LogP contribution >= 0.6 is 23.2 Å². The quantitative estimate of drug-likeness (QED) is 0.583. The van der Waals surface area contributed by atoms with E-state index < -0.39 is 11.9 Å². The number of aliphatic carboxylic acids is 1. The van der Waals surface area contributed by atoms with E-state index in [-0.39, 0.29) is 34.6 Å². The van der Waals surface area contributed by atoms with Crippen molar-refractivity contribution in [2.24, 2.45) is 5.73 Å². The third-order valence-electron chi connectivity index (χ3n) is 3.13. The third-order valence-corrected chi connectivity index (χ3v) is 3.76. The molecule has 5 N–H and O–H groups in total. The molecule has 2 aromatic rings. The Labute approximate surface area is 166 Å². The lowest BCUT2D eigenvalue weighted by atomic mass is 10.2. The maximum atomic E-state index is 11.2. The fourth-order valence-corrected chi connectivity index (χ4v) is 2.44. The number of halogens is 2. The molecule has 7 nitrogen and oxygen atoms in total. The topological polar surface area (TPSA) is 122 Å². The van der Waals surface area contributed by atoms with Crippen LogP contribution in [0.3, 0.4) is 0 Å². The van der Waals surface area contributed by atoms with E-state index in [1.165, 1.54) is 0 Å². The van der Waals surface area contributed by atoms with Crippen molar-refractivity contribution in [1.29, 1.82) is 0 Å². The fourth-order valence-electron chi connectivity index (χ4n) is 1.86. The van der Waals surface area contributed by atoms with Gasteiger partial charge in [0.05, 0.1) is 22.0 Å². The second-order valence-corrected chi connectivity index (χ2v) is 6.01. The fraction of sp³-hybridized carbons (Fsp3) is 0.167. The number of rotatable bonds is 6. The first-order valence-corrected chi connectivity index (χ1v) is 8.58. The summed E-state index contributed by atoms with van der Waals surface area (Å²) in [6.45, 7) is 0.565. The molecule has 0 aromatic heterocycles. The maximum Gasteiger partial charge on any atom is 0.315 e. The van der Waals surface area contributed by atoms with E-state index in [1.807, 2.05) is 30.3 Å². The van der Waals surface area contributed by atoms with Gasteiger partial charge in [0.15, 0.2) is 0 Å². The first-order valence-electron chi connectivity index (χ1n) is 7.82. The van der Waals surface area contributed by atoms with Crippen molar-refractivity contribution < 1.29 is 19.5 Å².